The first-order chi connectivity index (χ1) is 10.4. The van der Waals surface area contributed by atoms with Gasteiger partial charge in [0.1, 0.15) is 11.3 Å². The first-order valence-electron chi connectivity index (χ1n) is 7.99. The molecule has 2 aliphatic heterocycles. The molecule has 0 radical (unpaired) electrons. The number of anilines is 1. The molecule has 2 atom stereocenters. The number of aromatic nitrogens is 3. The predicted molar refractivity (Wildman–Crippen MR) is 83.3 cm³/mol. The molecule has 2 saturated heterocycles. The number of hydrogen-bond donors (Lipinski definition) is 1. The molecule has 2 unspecified atom stereocenters. The van der Waals surface area contributed by atoms with Gasteiger partial charge in [-0.05, 0) is 50.8 Å². The number of fused-ring (bicyclic) bond motifs is 1. The maximum Gasteiger partial charge on any atom is 0.180 e. The molecule has 2 aromatic heterocycles. The van der Waals surface area contributed by atoms with Crippen molar-refractivity contribution in [1.82, 2.24) is 20.3 Å². The van der Waals surface area contributed by atoms with E-state index < -0.39 is 0 Å². The van der Waals surface area contributed by atoms with Crippen molar-refractivity contribution in [2.75, 3.05) is 18.0 Å². The van der Waals surface area contributed by atoms with Crippen LogP contribution >= 0.6 is 0 Å². The zero-order chi connectivity index (χ0) is 14.1. The monoisotopic (exact) mass is 283 g/mol. The van der Waals surface area contributed by atoms with Crippen molar-refractivity contribution in [3.8, 4) is 0 Å². The summed E-state index contributed by atoms with van der Waals surface area (Å²) >= 11 is 0. The first kappa shape index (κ1) is 13.0. The van der Waals surface area contributed by atoms with Gasteiger partial charge in [0.2, 0.25) is 0 Å². The molecule has 2 aromatic rings. The first-order valence-corrected chi connectivity index (χ1v) is 7.99. The van der Waals surface area contributed by atoms with Gasteiger partial charge in [-0.2, -0.15) is 0 Å². The maximum atomic E-state index is 4.75. The highest BCUT2D eigenvalue weighted by atomic mass is 15.2. The van der Waals surface area contributed by atoms with Crippen LogP contribution in [0.2, 0.25) is 0 Å². The lowest BCUT2D eigenvalue weighted by Crippen LogP contribution is -2.50. The summed E-state index contributed by atoms with van der Waals surface area (Å²) in [7, 11) is 0. The van der Waals surface area contributed by atoms with Crippen LogP contribution in [-0.2, 0) is 0 Å². The topological polar surface area (TPSA) is 53.9 Å². The summed E-state index contributed by atoms with van der Waals surface area (Å²) in [5.41, 5.74) is 1.62. The molecule has 0 amide bonds. The molecule has 0 aliphatic carbocycles. The van der Waals surface area contributed by atoms with E-state index in [9.17, 15) is 0 Å². The van der Waals surface area contributed by atoms with Crippen molar-refractivity contribution >= 4 is 17.0 Å². The van der Waals surface area contributed by atoms with Gasteiger partial charge in [0.05, 0.1) is 0 Å². The van der Waals surface area contributed by atoms with Gasteiger partial charge in [-0.3, -0.25) is 4.98 Å². The second kappa shape index (κ2) is 5.56. The number of hydrogen-bond acceptors (Lipinski definition) is 5. The average molecular weight is 283 g/mol. The molecule has 21 heavy (non-hydrogen) atoms. The normalized spacial score (nSPS) is 26.4. The SMILES string of the molecule is c1cnc2nc(N3CCCCC3C3CCCN3)ccc2n1. The van der Waals surface area contributed by atoms with Gasteiger partial charge in [0.15, 0.2) is 5.65 Å². The third-order valence-electron chi connectivity index (χ3n) is 4.72. The van der Waals surface area contributed by atoms with Crippen LogP contribution in [0.15, 0.2) is 24.5 Å². The van der Waals surface area contributed by atoms with Gasteiger partial charge in [-0.15, -0.1) is 0 Å². The van der Waals surface area contributed by atoms with Crippen LogP contribution < -0.4 is 10.2 Å². The van der Waals surface area contributed by atoms with Gasteiger partial charge in [0.25, 0.3) is 0 Å². The molecule has 0 aromatic carbocycles. The Morgan fingerprint density at radius 2 is 2.00 bits per heavy atom. The van der Waals surface area contributed by atoms with Crippen molar-refractivity contribution in [3.63, 3.8) is 0 Å². The van der Waals surface area contributed by atoms with E-state index in [1.54, 1.807) is 12.4 Å². The Hall–Kier alpha value is -1.75. The Balaban J connectivity index is 1.67. The summed E-state index contributed by atoms with van der Waals surface area (Å²) in [5.74, 6) is 1.06. The maximum absolute atomic E-state index is 4.75. The molecule has 2 fully saturated rings. The van der Waals surface area contributed by atoms with Crippen LogP contribution in [0.4, 0.5) is 5.82 Å². The summed E-state index contributed by atoms with van der Waals surface area (Å²) in [6, 6.07) is 5.33. The number of piperidine rings is 1. The van der Waals surface area contributed by atoms with Crippen molar-refractivity contribution < 1.29 is 0 Å². The summed E-state index contributed by atoms with van der Waals surface area (Å²) in [6.07, 6.45) is 9.86. The number of pyridine rings is 1. The number of nitrogens with one attached hydrogen (secondary N) is 1. The van der Waals surface area contributed by atoms with Crippen LogP contribution in [0.5, 0.6) is 0 Å². The van der Waals surface area contributed by atoms with Gasteiger partial charge < -0.3 is 10.2 Å². The minimum Gasteiger partial charge on any atom is -0.352 e. The van der Waals surface area contributed by atoms with Crippen molar-refractivity contribution in [3.05, 3.63) is 24.5 Å². The zero-order valence-corrected chi connectivity index (χ0v) is 12.2. The summed E-state index contributed by atoms with van der Waals surface area (Å²) < 4.78 is 0. The van der Waals surface area contributed by atoms with Crippen molar-refractivity contribution in [1.29, 1.82) is 0 Å². The lowest BCUT2D eigenvalue weighted by Gasteiger charge is -2.40. The van der Waals surface area contributed by atoms with Crippen LogP contribution in [0.25, 0.3) is 11.2 Å². The molecule has 110 valence electrons. The van der Waals surface area contributed by atoms with Crippen LogP contribution in [0.1, 0.15) is 32.1 Å². The molecule has 4 rings (SSSR count). The Kier molecular flexibility index (Phi) is 3.43. The molecule has 5 nitrogen and oxygen atoms in total. The van der Waals surface area contributed by atoms with E-state index >= 15 is 0 Å². The zero-order valence-electron chi connectivity index (χ0n) is 12.2. The summed E-state index contributed by atoms with van der Waals surface area (Å²) in [4.78, 5) is 15.9. The second-order valence-corrected chi connectivity index (χ2v) is 6.03. The lowest BCUT2D eigenvalue weighted by atomic mass is 9.94. The summed E-state index contributed by atoms with van der Waals surface area (Å²) in [6.45, 7) is 2.26. The second-order valence-electron chi connectivity index (χ2n) is 6.03. The van der Waals surface area contributed by atoms with Crippen molar-refractivity contribution in [2.24, 2.45) is 0 Å². The van der Waals surface area contributed by atoms with E-state index in [0.29, 0.717) is 12.1 Å². The van der Waals surface area contributed by atoms with E-state index in [1.807, 2.05) is 6.07 Å². The van der Waals surface area contributed by atoms with Crippen LogP contribution in [0.3, 0.4) is 0 Å². The third kappa shape index (κ3) is 2.46. The van der Waals surface area contributed by atoms with Gasteiger partial charge in [0, 0.05) is 31.0 Å². The third-order valence-corrected chi connectivity index (χ3v) is 4.72. The number of rotatable bonds is 2. The summed E-state index contributed by atoms with van der Waals surface area (Å²) in [5, 5.41) is 3.67. The van der Waals surface area contributed by atoms with Crippen LogP contribution in [0, 0.1) is 0 Å². The fraction of sp³-hybridized carbons (Fsp3) is 0.562. The molecule has 5 heteroatoms. The molecule has 0 spiro atoms. The molecule has 4 heterocycles. The fourth-order valence-corrected chi connectivity index (χ4v) is 3.70. The van der Waals surface area contributed by atoms with Gasteiger partial charge >= 0.3 is 0 Å². The van der Waals surface area contributed by atoms with E-state index in [2.05, 4.69) is 26.3 Å². The quantitative estimate of drug-likeness (QED) is 0.915. The Morgan fingerprint density at radius 1 is 1.05 bits per heavy atom. The van der Waals surface area contributed by atoms with Crippen molar-refractivity contribution in [2.45, 2.75) is 44.2 Å². The van der Waals surface area contributed by atoms with Gasteiger partial charge in [-0.25, -0.2) is 9.97 Å². The molecule has 0 saturated carbocycles. The van der Waals surface area contributed by atoms with E-state index in [0.717, 1.165) is 30.1 Å². The molecule has 0 bridgehead atoms. The Morgan fingerprint density at radius 3 is 2.90 bits per heavy atom. The van der Waals surface area contributed by atoms with E-state index in [1.165, 1.54) is 32.1 Å². The minimum atomic E-state index is 0.572. The molecular formula is C16H21N5. The average Bonchev–Trinajstić information content (AvgIpc) is 3.09. The molecular weight excluding hydrogens is 262 g/mol. The predicted octanol–water partition coefficient (Wildman–Crippen LogP) is 2.14. The fourth-order valence-electron chi connectivity index (χ4n) is 3.70. The minimum absolute atomic E-state index is 0.572. The largest absolute Gasteiger partial charge is 0.352 e. The lowest BCUT2D eigenvalue weighted by molar-refractivity contribution is 0.376. The van der Waals surface area contributed by atoms with E-state index in [-0.39, 0.29) is 0 Å². The standard InChI is InChI=1S/C16H21N5/c1-2-11-21(14(5-1)12-4-3-8-17-12)15-7-6-13-16(20-15)19-10-9-18-13/h6-7,9-10,12,14,17H,1-5,8,11H2. The molecule has 1 N–H and O–H groups in total. The number of nitrogens with zero attached hydrogens (tertiary/aromatic N) is 4. The molecule has 2 aliphatic rings. The smallest absolute Gasteiger partial charge is 0.180 e. The highest BCUT2D eigenvalue weighted by Gasteiger charge is 2.32. The van der Waals surface area contributed by atoms with E-state index in [4.69, 9.17) is 4.98 Å². The van der Waals surface area contributed by atoms with Gasteiger partial charge in [-0.1, -0.05) is 0 Å². The highest BCUT2D eigenvalue weighted by Crippen LogP contribution is 2.28. The Bertz CT molecular complexity index is 623. The highest BCUT2D eigenvalue weighted by molar-refractivity contribution is 5.71. The Labute approximate surface area is 124 Å². The van der Waals surface area contributed by atoms with Crippen LogP contribution in [-0.4, -0.2) is 40.1 Å².